The molecule has 1 saturated heterocycles. The van der Waals surface area contributed by atoms with Crippen LogP contribution in [0.4, 0.5) is 5.69 Å². The Balaban J connectivity index is 1.73. The van der Waals surface area contributed by atoms with Gasteiger partial charge in [0.15, 0.2) is 0 Å². The number of carbonyl (C=O) groups is 2. The van der Waals surface area contributed by atoms with Crippen molar-refractivity contribution in [2.45, 2.75) is 52.1 Å². The van der Waals surface area contributed by atoms with E-state index in [4.69, 9.17) is 4.74 Å². The summed E-state index contributed by atoms with van der Waals surface area (Å²) in [6.07, 6.45) is 2.48. The Morgan fingerprint density at radius 1 is 1.20 bits per heavy atom. The monoisotopic (exact) mass is 344 g/mol. The van der Waals surface area contributed by atoms with Crippen LogP contribution in [-0.2, 0) is 9.59 Å². The van der Waals surface area contributed by atoms with E-state index in [1.807, 2.05) is 24.3 Å². The molecule has 0 unspecified atom stereocenters. The van der Waals surface area contributed by atoms with Crippen LogP contribution >= 0.6 is 0 Å². The Bertz CT molecular complexity index is 637. The molecule has 2 fully saturated rings. The Hall–Kier alpha value is -2.04. The summed E-state index contributed by atoms with van der Waals surface area (Å²) in [7, 11) is 1.62. The largest absolute Gasteiger partial charge is 0.497 e. The minimum Gasteiger partial charge on any atom is -0.497 e. The molecule has 5 heteroatoms. The second-order valence-electron chi connectivity index (χ2n) is 7.56. The summed E-state index contributed by atoms with van der Waals surface area (Å²) in [6, 6.07) is 8.02. The standard InChI is InChI=1S/C20H28N2O3/c1-13(2)14(3)22(17-5-6-17)20(24)15-11-19(23)21(12-15)16-7-9-18(25-4)10-8-16/h7-10,13-15,17H,5-6,11-12H2,1-4H3/t14-,15+/m1/s1. The lowest BCUT2D eigenvalue weighted by atomic mass is 10.0. The predicted molar refractivity (Wildman–Crippen MR) is 97.6 cm³/mol. The second-order valence-corrected chi connectivity index (χ2v) is 7.56. The van der Waals surface area contributed by atoms with E-state index in [0.29, 0.717) is 24.9 Å². The van der Waals surface area contributed by atoms with E-state index in [-0.39, 0.29) is 23.8 Å². The summed E-state index contributed by atoms with van der Waals surface area (Å²) in [5, 5.41) is 0. The minimum absolute atomic E-state index is 0.0245. The van der Waals surface area contributed by atoms with Crippen LogP contribution in [0.15, 0.2) is 24.3 Å². The number of carbonyl (C=O) groups excluding carboxylic acids is 2. The molecule has 25 heavy (non-hydrogen) atoms. The van der Waals surface area contributed by atoms with Gasteiger partial charge >= 0.3 is 0 Å². The summed E-state index contributed by atoms with van der Waals surface area (Å²) in [5.74, 6) is 1.11. The molecular formula is C20H28N2O3. The molecule has 1 aliphatic carbocycles. The minimum atomic E-state index is -0.239. The van der Waals surface area contributed by atoms with Gasteiger partial charge in [-0.05, 0) is 49.9 Å². The number of anilines is 1. The average molecular weight is 344 g/mol. The highest BCUT2D eigenvalue weighted by molar-refractivity contribution is 6.00. The first-order valence-corrected chi connectivity index (χ1v) is 9.19. The molecule has 0 radical (unpaired) electrons. The predicted octanol–water partition coefficient (Wildman–Crippen LogP) is 3.08. The molecule has 0 bridgehead atoms. The summed E-state index contributed by atoms with van der Waals surface area (Å²) in [5.41, 5.74) is 0.830. The van der Waals surface area contributed by atoms with Crippen LogP contribution in [0.5, 0.6) is 5.75 Å². The zero-order chi connectivity index (χ0) is 18.1. The first-order chi connectivity index (χ1) is 11.9. The number of hydrogen-bond acceptors (Lipinski definition) is 3. The van der Waals surface area contributed by atoms with E-state index in [2.05, 4.69) is 25.7 Å². The second kappa shape index (κ2) is 7.06. The highest BCUT2D eigenvalue weighted by Gasteiger charge is 2.43. The van der Waals surface area contributed by atoms with E-state index >= 15 is 0 Å². The molecule has 1 saturated carbocycles. The lowest BCUT2D eigenvalue weighted by Crippen LogP contribution is -2.46. The Morgan fingerprint density at radius 3 is 2.36 bits per heavy atom. The molecule has 0 spiro atoms. The molecule has 0 N–H and O–H groups in total. The molecule has 0 aromatic heterocycles. The Kier molecular flexibility index (Phi) is 5.02. The number of benzene rings is 1. The molecule has 2 amide bonds. The summed E-state index contributed by atoms with van der Waals surface area (Å²) >= 11 is 0. The van der Waals surface area contributed by atoms with Gasteiger partial charge in [-0.25, -0.2) is 0 Å². The van der Waals surface area contributed by atoms with Crippen molar-refractivity contribution in [3.63, 3.8) is 0 Å². The fraction of sp³-hybridized carbons (Fsp3) is 0.600. The molecule has 2 atom stereocenters. The van der Waals surface area contributed by atoms with Crippen molar-refractivity contribution in [3.8, 4) is 5.75 Å². The van der Waals surface area contributed by atoms with Crippen LogP contribution in [-0.4, -0.2) is 42.5 Å². The highest BCUT2D eigenvalue weighted by Crippen LogP contribution is 2.35. The normalized spacial score (nSPS) is 21.6. The number of nitrogens with zero attached hydrogens (tertiary/aromatic N) is 2. The maximum Gasteiger partial charge on any atom is 0.228 e. The lowest BCUT2D eigenvalue weighted by Gasteiger charge is -2.34. The molecule has 1 heterocycles. The van der Waals surface area contributed by atoms with Gasteiger partial charge in [-0.3, -0.25) is 9.59 Å². The Morgan fingerprint density at radius 2 is 1.84 bits per heavy atom. The van der Waals surface area contributed by atoms with Gasteiger partial charge in [-0.2, -0.15) is 0 Å². The zero-order valence-electron chi connectivity index (χ0n) is 15.6. The third-order valence-corrected chi connectivity index (χ3v) is 5.46. The van der Waals surface area contributed by atoms with Gasteiger partial charge in [0.05, 0.1) is 13.0 Å². The number of hydrogen-bond donors (Lipinski definition) is 0. The van der Waals surface area contributed by atoms with Gasteiger partial charge < -0.3 is 14.5 Å². The lowest BCUT2D eigenvalue weighted by molar-refractivity contribution is -0.139. The fourth-order valence-electron chi connectivity index (χ4n) is 3.48. The van der Waals surface area contributed by atoms with Crippen molar-refractivity contribution in [2.75, 3.05) is 18.6 Å². The van der Waals surface area contributed by atoms with Crippen molar-refractivity contribution in [2.24, 2.45) is 11.8 Å². The van der Waals surface area contributed by atoms with Gasteiger partial charge in [0.1, 0.15) is 5.75 Å². The third kappa shape index (κ3) is 3.65. The topological polar surface area (TPSA) is 49.9 Å². The molecule has 2 aliphatic rings. The van der Waals surface area contributed by atoms with Crippen molar-refractivity contribution >= 4 is 17.5 Å². The van der Waals surface area contributed by atoms with Crippen LogP contribution in [0.3, 0.4) is 0 Å². The van der Waals surface area contributed by atoms with Crippen LogP contribution in [0.1, 0.15) is 40.0 Å². The molecular weight excluding hydrogens is 316 g/mol. The quantitative estimate of drug-likeness (QED) is 0.797. The zero-order valence-corrected chi connectivity index (χ0v) is 15.6. The van der Waals surface area contributed by atoms with Crippen LogP contribution in [0.2, 0.25) is 0 Å². The molecule has 3 rings (SSSR count). The van der Waals surface area contributed by atoms with Crippen molar-refractivity contribution in [1.29, 1.82) is 0 Å². The first kappa shape index (κ1) is 17.8. The summed E-state index contributed by atoms with van der Waals surface area (Å²) in [6.45, 7) is 6.89. The molecule has 1 aromatic carbocycles. The molecule has 136 valence electrons. The van der Waals surface area contributed by atoms with Gasteiger partial charge in [-0.1, -0.05) is 13.8 Å². The van der Waals surface area contributed by atoms with E-state index in [9.17, 15) is 9.59 Å². The molecule has 1 aliphatic heterocycles. The molecule has 1 aromatic rings. The Labute approximate surface area is 149 Å². The first-order valence-electron chi connectivity index (χ1n) is 9.19. The van der Waals surface area contributed by atoms with Crippen molar-refractivity contribution in [3.05, 3.63) is 24.3 Å². The van der Waals surface area contributed by atoms with E-state index in [1.165, 1.54) is 0 Å². The van der Waals surface area contributed by atoms with Crippen molar-refractivity contribution < 1.29 is 14.3 Å². The van der Waals surface area contributed by atoms with Crippen LogP contribution in [0, 0.1) is 11.8 Å². The van der Waals surface area contributed by atoms with Crippen LogP contribution < -0.4 is 9.64 Å². The summed E-state index contributed by atoms with van der Waals surface area (Å²) in [4.78, 5) is 29.4. The average Bonchev–Trinajstić information content (AvgIpc) is 3.36. The van der Waals surface area contributed by atoms with Gasteiger partial charge in [0.25, 0.3) is 0 Å². The smallest absolute Gasteiger partial charge is 0.228 e. The van der Waals surface area contributed by atoms with Gasteiger partial charge in [0, 0.05) is 30.7 Å². The maximum absolute atomic E-state index is 13.1. The van der Waals surface area contributed by atoms with Gasteiger partial charge in [0.2, 0.25) is 11.8 Å². The summed E-state index contributed by atoms with van der Waals surface area (Å²) < 4.78 is 5.17. The van der Waals surface area contributed by atoms with E-state index < -0.39 is 0 Å². The van der Waals surface area contributed by atoms with E-state index in [1.54, 1.807) is 12.0 Å². The number of rotatable bonds is 6. The molecule has 5 nitrogen and oxygen atoms in total. The maximum atomic E-state index is 13.1. The highest BCUT2D eigenvalue weighted by atomic mass is 16.5. The fourth-order valence-corrected chi connectivity index (χ4v) is 3.48. The van der Waals surface area contributed by atoms with Crippen LogP contribution in [0.25, 0.3) is 0 Å². The van der Waals surface area contributed by atoms with Gasteiger partial charge in [-0.15, -0.1) is 0 Å². The SMILES string of the molecule is COc1ccc(N2C[C@@H](C(=O)N(C3CC3)[C@H](C)C(C)C)CC2=O)cc1. The number of amides is 2. The number of ether oxygens (including phenoxy) is 1. The van der Waals surface area contributed by atoms with E-state index in [0.717, 1.165) is 24.3 Å². The third-order valence-electron chi connectivity index (χ3n) is 5.46. The number of methoxy groups -OCH3 is 1. The van der Waals surface area contributed by atoms with Crippen molar-refractivity contribution in [1.82, 2.24) is 4.90 Å².